The third-order valence-electron chi connectivity index (χ3n) is 5.98. The average Bonchev–Trinajstić information content (AvgIpc) is 3.15. The molecule has 2 aliphatic rings. The molecule has 0 unspecified atom stereocenters. The molecule has 3 aromatic carbocycles. The fourth-order valence-corrected chi connectivity index (χ4v) is 5.04. The van der Waals surface area contributed by atoms with Gasteiger partial charge in [0.2, 0.25) is 0 Å². The molecule has 0 N–H and O–H groups in total. The van der Waals surface area contributed by atoms with Crippen molar-refractivity contribution in [3.8, 4) is 22.4 Å². The fraction of sp³-hybridized carbons (Fsp3) is 0.0800. The molecule has 0 amide bonds. The van der Waals surface area contributed by atoms with Gasteiger partial charge in [-0.15, -0.1) is 0 Å². The Morgan fingerprint density at radius 2 is 1.04 bits per heavy atom. The maximum atomic E-state index is 4.96. The van der Waals surface area contributed by atoms with E-state index in [1.807, 2.05) is 0 Å². The first kappa shape index (κ1) is 14.0. The summed E-state index contributed by atoms with van der Waals surface area (Å²) in [4.78, 5) is 4.96. The van der Waals surface area contributed by atoms with Crippen LogP contribution >= 0.6 is 0 Å². The highest BCUT2D eigenvalue weighted by Crippen LogP contribution is 2.62. The molecule has 1 heteroatoms. The number of nitrogens with zero attached hydrogens (tertiary/aromatic N) is 1. The van der Waals surface area contributed by atoms with E-state index < -0.39 is 0 Å². The van der Waals surface area contributed by atoms with Crippen LogP contribution in [0.2, 0.25) is 0 Å². The van der Waals surface area contributed by atoms with Gasteiger partial charge < -0.3 is 0 Å². The van der Waals surface area contributed by atoms with Crippen LogP contribution in [0.3, 0.4) is 0 Å². The minimum Gasteiger partial charge on any atom is -0.253 e. The summed E-state index contributed by atoms with van der Waals surface area (Å²) in [6.07, 6.45) is 0. The zero-order chi connectivity index (χ0) is 17.3. The molecule has 0 aliphatic heterocycles. The van der Waals surface area contributed by atoms with Gasteiger partial charge in [0.1, 0.15) is 0 Å². The number of hydrogen-bond acceptors (Lipinski definition) is 1. The van der Waals surface area contributed by atoms with E-state index in [0.29, 0.717) is 0 Å². The lowest BCUT2D eigenvalue weighted by Crippen LogP contribution is -2.25. The Balaban J connectivity index is 1.87. The van der Waals surface area contributed by atoms with Crippen LogP contribution in [-0.4, -0.2) is 4.98 Å². The smallest absolute Gasteiger partial charge is 0.0756 e. The van der Waals surface area contributed by atoms with Crippen LogP contribution in [-0.2, 0) is 5.41 Å². The lowest BCUT2D eigenvalue weighted by Gasteiger charge is -2.30. The predicted molar refractivity (Wildman–Crippen MR) is 105 cm³/mol. The van der Waals surface area contributed by atoms with Gasteiger partial charge in [0.05, 0.1) is 11.1 Å². The Labute approximate surface area is 153 Å². The average molecular weight is 331 g/mol. The van der Waals surface area contributed by atoms with Crippen molar-refractivity contribution in [2.45, 2.75) is 12.3 Å². The van der Waals surface area contributed by atoms with E-state index in [9.17, 15) is 0 Å². The van der Waals surface area contributed by atoms with Gasteiger partial charge in [0, 0.05) is 11.3 Å². The highest BCUT2D eigenvalue weighted by molar-refractivity contribution is 5.93. The lowest BCUT2D eigenvalue weighted by molar-refractivity contribution is 0.790. The van der Waals surface area contributed by atoms with Crippen molar-refractivity contribution in [1.82, 2.24) is 4.98 Å². The molecular weight excluding hydrogens is 314 g/mol. The molecule has 0 bridgehead atoms. The maximum absolute atomic E-state index is 4.96. The molecule has 4 aromatic rings. The van der Waals surface area contributed by atoms with Crippen LogP contribution in [0.5, 0.6) is 0 Å². The number of aromatic nitrogens is 1. The van der Waals surface area contributed by atoms with E-state index in [-0.39, 0.29) is 5.41 Å². The Morgan fingerprint density at radius 3 is 1.65 bits per heavy atom. The summed E-state index contributed by atoms with van der Waals surface area (Å²) in [7, 11) is 0. The molecule has 6 rings (SSSR count). The van der Waals surface area contributed by atoms with Crippen LogP contribution in [0.1, 0.15) is 27.9 Å². The molecule has 1 heterocycles. The molecule has 26 heavy (non-hydrogen) atoms. The molecule has 2 aliphatic carbocycles. The molecule has 0 radical (unpaired) electrons. The van der Waals surface area contributed by atoms with Crippen molar-refractivity contribution >= 4 is 0 Å². The highest BCUT2D eigenvalue weighted by atomic mass is 14.7. The Hall–Kier alpha value is -3.19. The minimum atomic E-state index is -0.250. The summed E-state index contributed by atoms with van der Waals surface area (Å²) in [5, 5.41) is 0. The molecule has 1 nitrogen and oxygen atoms in total. The van der Waals surface area contributed by atoms with Crippen LogP contribution < -0.4 is 0 Å². The van der Waals surface area contributed by atoms with Crippen LogP contribution in [0.4, 0.5) is 0 Å². The van der Waals surface area contributed by atoms with E-state index in [0.717, 1.165) is 11.4 Å². The van der Waals surface area contributed by atoms with E-state index in [1.54, 1.807) is 0 Å². The maximum Gasteiger partial charge on any atom is 0.0756 e. The zero-order valence-electron chi connectivity index (χ0n) is 14.5. The van der Waals surface area contributed by atoms with Crippen molar-refractivity contribution in [2.75, 3.05) is 0 Å². The molecule has 0 saturated carbocycles. The Kier molecular flexibility index (Phi) is 2.54. The van der Waals surface area contributed by atoms with Crippen molar-refractivity contribution in [3.05, 3.63) is 113 Å². The lowest BCUT2D eigenvalue weighted by atomic mass is 9.71. The molecule has 1 aromatic heterocycles. The van der Waals surface area contributed by atoms with E-state index in [4.69, 9.17) is 4.98 Å². The third kappa shape index (κ3) is 1.46. The Bertz CT molecular complexity index is 1160. The normalized spacial score (nSPS) is 14.7. The summed E-state index contributed by atoms with van der Waals surface area (Å²) in [6.45, 7) is 2.07. The van der Waals surface area contributed by atoms with Gasteiger partial charge in [-0.1, -0.05) is 78.9 Å². The molecule has 122 valence electrons. The largest absolute Gasteiger partial charge is 0.253 e. The Morgan fingerprint density at radius 1 is 0.538 bits per heavy atom. The highest BCUT2D eigenvalue weighted by Gasteiger charge is 2.51. The van der Waals surface area contributed by atoms with E-state index >= 15 is 0 Å². The van der Waals surface area contributed by atoms with Crippen molar-refractivity contribution < 1.29 is 0 Å². The van der Waals surface area contributed by atoms with Gasteiger partial charge in [-0.3, -0.25) is 4.98 Å². The molecular formula is C25H17N. The quantitative estimate of drug-likeness (QED) is 0.346. The number of pyridine rings is 1. The first-order valence-corrected chi connectivity index (χ1v) is 9.09. The summed E-state index contributed by atoms with van der Waals surface area (Å²) >= 11 is 0. The van der Waals surface area contributed by atoms with Gasteiger partial charge in [0.15, 0.2) is 0 Å². The topological polar surface area (TPSA) is 12.9 Å². The van der Waals surface area contributed by atoms with Crippen LogP contribution in [0, 0.1) is 6.92 Å². The van der Waals surface area contributed by atoms with E-state index in [2.05, 4.69) is 91.9 Å². The fourth-order valence-electron chi connectivity index (χ4n) is 5.04. The molecule has 1 spiro atoms. The first-order valence-electron chi connectivity index (χ1n) is 9.09. The van der Waals surface area contributed by atoms with Gasteiger partial charge in [-0.25, -0.2) is 0 Å². The monoisotopic (exact) mass is 331 g/mol. The summed E-state index contributed by atoms with van der Waals surface area (Å²) in [6, 6.07) is 30.9. The van der Waals surface area contributed by atoms with Gasteiger partial charge in [0.25, 0.3) is 0 Å². The second-order valence-corrected chi connectivity index (χ2v) is 7.24. The standard InChI is InChI=1S/C25H17N/c1-16-14-15-23-24(26-16)19-10-4-7-13-22(19)25(23)20-11-5-2-8-17(20)18-9-3-6-12-21(18)25/h2-15H,1H3. The first-order chi connectivity index (χ1) is 12.8. The van der Waals surface area contributed by atoms with Crippen molar-refractivity contribution in [3.63, 3.8) is 0 Å². The zero-order valence-corrected chi connectivity index (χ0v) is 14.5. The van der Waals surface area contributed by atoms with Crippen molar-refractivity contribution in [1.29, 1.82) is 0 Å². The number of hydrogen-bond donors (Lipinski definition) is 0. The summed E-state index contributed by atoms with van der Waals surface area (Å²) < 4.78 is 0. The third-order valence-corrected chi connectivity index (χ3v) is 5.98. The number of aryl methyl sites for hydroxylation is 1. The SMILES string of the molecule is Cc1ccc2c(n1)-c1ccccc1C21c2ccccc2-c2ccccc21. The van der Waals surface area contributed by atoms with Crippen LogP contribution in [0.15, 0.2) is 84.9 Å². The molecule has 0 fully saturated rings. The number of benzene rings is 3. The summed E-state index contributed by atoms with van der Waals surface area (Å²) in [5.74, 6) is 0. The number of fused-ring (bicyclic) bond motifs is 10. The molecule has 0 saturated heterocycles. The van der Waals surface area contributed by atoms with Crippen molar-refractivity contribution in [2.24, 2.45) is 0 Å². The van der Waals surface area contributed by atoms with Crippen LogP contribution in [0.25, 0.3) is 22.4 Å². The summed E-state index contributed by atoms with van der Waals surface area (Å²) in [5.41, 5.74) is 11.3. The predicted octanol–water partition coefficient (Wildman–Crippen LogP) is 5.73. The number of rotatable bonds is 0. The van der Waals surface area contributed by atoms with E-state index in [1.165, 1.54) is 38.9 Å². The minimum absolute atomic E-state index is 0.250. The second kappa shape index (κ2) is 4.70. The van der Waals surface area contributed by atoms with Gasteiger partial charge >= 0.3 is 0 Å². The molecule has 0 atom stereocenters. The van der Waals surface area contributed by atoms with Gasteiger partial charge in [-0.2, -0.15) is 0 Å². The second-order valence-electron chi connectivity index (χ2n) is 7.24. The van der Waals surface area contributed by atoms with Gasteiger partial charge in [-0.05, 0) is 46.4 Å².